The second kappa shape index (κ2) is 5.44. The van der Waals surface area contributed by atoms with Crippen LogP contribution in [0.1, 0.15) is 45.4 Å². The van der Waals surface area contributed by atoms with Crippen molar-refractivity contribution >= 4 is 10.8 Å². The van der Waals surface area contributed by atoms with Gasteiger partial charge < -0.3 is 5.32 Å². The van der Waals surface area contributed by atoms with Crippen molar-refractivity contribution in [2.24, 2.45) is 5.92 Å². The first kappa shape index (κ1) is 11.6. The molecule has 4 atom stereocenters. The van der Waals surface area contributed by atoms with Crippen molar-refractivity contribution in [1.82, 2.24) is 5.32 Å². The molecule has 0 bridgehead atoms. The molecule has 2 nitrogen and oxygen atoms in total. The molecular formula is C12H23NOS. The van der Waals surface area contributed by atoms with Gasteiger partial charge in [-0.05, 0) is 38.1 Å². The number of nitrogens with one attached hydrogen (secondary N) is 1. The zero-order valence-electron chi connectivity index (χ0n) is 9.71. The fourth-order valence-electron chi connectivity index (χ4n) is 3.06. The first-order valence-corrected chi connectivity index (χ1v) is 7.80. The summed E-state index contributed by atoms with van der Waals surface area (Å²) >= 11 is 0. The molecule has 1 heterocycles. The Morgan fingerprint density at radius 2 is 2.27 bits per heavy atom. The summed E-state index contributed by atoms with van der Waals surface area (Å²) < 4.78 is 12.1. The highest BCUT2D eigenvalue weighted by Crippen LogP contribution is 2.32. The van der Waals surface area contributed by atoms with Gasteiger partial charge in [0.05, 0.1) is 5.25 Å². The monoisotopic (exact) mass is 229 g/mol. The molecule has 0 aromatic carbocycles. The molecule has 4 unspecified atom stereocenters. The number of rotatable bonds is 2. The summed E-state index contributed by atoms with van der Waals surface area (Å²) in [7, 11) is -0.561. The first-order chi connectivity index (χ1) is 7.31. The van der Waals surface area contributed by atoms with Gasteiger partial charge in [-0.3, -0.25) is 4.21 Å². The third-order valence-electron chi connectivity index (χ3n) is 3.86. The summed E-state index contributed by atoms with van der Waals surface area (Å²) in [5, 5.41) is 4.04. The van der Waals surface area contributed by atoms with Gasteiger partial charge in [0.1, 0.15) is 0 Å². The van der Waals surface area contributed by atoms with E-state index in [0.29, 0.717) is 11.3 Å². The molecule has 1 aliphatic heterocycles. The van der Waals surface area contributed by atoms with Crippen LogP contribution in [0.2, 0.25) is 0 Å². The third-order valence-corrected chi connectivity index (χ3v) is 5.75. The van der Waals surface area contributed by atoms with E-state index in [1.165, 1.54) is 32.1 Å². The first-order valence-electron chi connectivity index (χ1n) is 6.41. The fraction of sp³-hybridized carbons (Fsp3) is 1.00. The lowest BCUT2D eigenvalue weighted by Crippen LogP contribution is -2.44. The smallest absolute Gasteiger partial charge is 0.0503 e. The predicted molar refractivity (Wildman–Crippen MR) is 65.5 cm³/mol. The second-order valence-electron chi connectivity index (χ2n) is 5.01. The molecule has 0 aromatic heterocycles. The molecule has 0 spiro atoms. The maximum absolute atomic E-state index is 12.1. The van der Waals surface area contributed by atoms with Crippen molar-refractivity contribution in [2.75, 3.05) is 12.3 Å². The van der Waals surface area contributed by atoms with Crippen molar-refractivity contribution < 1.29 is 4.21 Å². The lowest BCUT2D eigenvalue weighted by atomic mass is 9.83. The molecule has 2 rings (SSSR count). The number of hydrogen-bond donors (Lipinski definition) is 1. The minimum absolute atomic E-state index is 0.456. The summed E-state index contributed by atoms with van der Waals surface area (Å²) in [6.45, 7) is 3.33. The zero-order chi connectivity index (χ0) is 10.7. The van der Waals surface area contributed by atoms with Crippen LogP contribution in [0.3, 0.4) is 0 Å². The van der Waals surface area contributed by atoms with Crippen LogP contribution in [0, 0.1) is 5.92 Å². The van der Waals surface area contributed by atoms with Gasteiger partial charge in [0.15, 0.2) is 0 Å². The largest absolute Gasteiger partial charge is 0.313 e. The maximum atomic E-state index is 12.1. The normalized spacial score (nSPS) is 41.9. The van der Waals surface area contributed by atoms with Crippen LogP contribution in [0.15, 0.2) is 0 Å². The molecule has 88 valence electrons. The predicted octanol–water partition coefficient (Wildman–Crippen LogP) is 2.07. The highest BCUT2D eigenvalue weighted by molar-refractivity contribution is 7.85. The van der Waals surface area contributed by atoms with E-state index < -0.39 is 10.8 Å². The van der Waals surface area contributed by atoms with Gasteiger partial charge in [0.2, 0.25) is 0 Å². The average molecular weight is 229 g/mol. The maximum Gasteiger partial charge on any atom is 0.0503 e. The van der Waals surface area contributed by atoms with Gasteiger partial charge in [0.25, 0.3) is 0 Å². The van der Waals surface area contributed by atoms with E-state index in [0.717, 1.165) is 24.6 Å². The quantitative estimate of drug-likeness (QED) is 0.785. The van der Waals surface area contributed by atoms with E-state index >= 15 is 0 Å². The van der Waals surface area contributed by atoms with Gasteiger partial charge in [-0.1, -0.05) is 19.8 Å². The lowest BCUT2D eigenvalue weighted by molar-refractivity contribution is 0.288. The van der Waals surface area contributed by atoms with Crippen LogP contribution in [0.25, 0.3) is 0 Å². The Hall–Kier alpha value is 0.110. The van der Waals surface area contributed by atoms with Crippen LogP contribution in [0.5, 0.6) is 0 Å². The van der Waals surface area contributed by atoms with Gasteiger partial charge in [0, 0.05) is 22.6 Å². The highest BCUT2D eigenvalue weighted by atomic mass is 32.2. The Kier molecular flexibility index (Phi) is 4.21. The van der Waals surface area contributed by atoms with Crippen LogP contribution < -0.4 is 5.32 Å². The Balaban J connectivity index is 1.98. The Labute approximate surface area is 95.7 Å². The molecule has 1 saturated carbocycles. The molecule has 0 radical (unpaired) electrons. The summed E-state index contributed by atoms with van der Waals surface area (Å²) in [5.74, 6) is 1.77. The van der Waals surface area contributed by atoms with Gasteiger partial charge in [-0.2, -0.15) is 0 Å². The van der Waals surface area contributed by atoms with Crippen molar-refractivity contribution in [3.8, 4) is 0 Å². The lowest BCUT2D eigenvalue weighted by Gasteiger charge is -2.34. The molecule has 0 aromatic rings. The molecule has 2 fully saturated rings. The van der Waals surface area contributed by atoms with Crippen molar-refractivity contribution in [3.63, 3.8) is 0 Å². The van der Waals surface area contributed by atoms with Crippen LogP contribution in [-0.2, 0) is 10.8 Å². The standard InChI is InChI=1S/C12H23NOS/c1-2-4-10-5-6-11-12(9-10)15(14)8-3-7-13-11/h10-13H,2-9H2,1H3. The Morgan fingerprint density at radius 1 is 1.40 bits per heavy atom. The van der Waals surface area contributed by atoms with Crippen LogP contribution >= 0.6 is 0 Å². The molecule has 1 saturated heterocycles. The Morgan fingerprint density at radius 3 is 3.07 bits per heavy atom. The third kappa shape index (κ3) is 2.82. The highest BCUT2D eigenvalue weighted by Gasteiger charge is 2.34. The van der Waals surface area contributed by atoms with Crippen molar-refractivity contribution in [3.05, 3.63) is 0 Å². The van der Waals surface area contributed by atoms with E-state index in [2.05, 4.69) is 12.2 Å². The Bertz CT molecular complexity index is 232. The molecule has 0 amide bonds. The second-order valence-corrected chi connectivity index (χ2v) is 6.78. The average Bonchev–Trinajstić information content (AvgIpc) is 2.42. The van der Waals surface area contributed by atoms with Crippen LogP contribution in [0.4, 0.5) is 0 Å². The fourth-order valence-corrected chi connectivity index (χ4v) is 4.88. The van der Waals surface area contributed by atoms with Crippen LogP contribution in [-0.4, -0.2) is 27.8 Å². The summed E-state index contributed by atoms with van der Waals surface area (Å²) in [4.78, 5) is 0. The van der Waals surface area contributed by atoms with Gasteiger partial charge in [-0.25, -0.2) is 0 Å². The van der Waals surface area contributed by atoms with E-state index in [4.69, 9.17) is 0 Å². The summed E-state index contributed by atoms with van der Waals surface area (Å²) in [6.07, 6.45) is 7.51. The topological polar surface area (TPSA) is 29.1 Å². The number of fused-ring (bicyclic) bond motifs is 1. The minimum Gasteiger partial charge on any atom is -0.313 e. The molecule has 3 heteroatoms. The van der Waals surface area contributed by atoms with E-state index in [1.807, 2.05) is 0 Å². The number of hydrogen-bond acceptors (Lipinski definition) is 2. The molecule has 2 aliphatic rings. The molecule has 1 N–H and O–H groups in total. The van der Waals surface area contributed by atoms with E-state index in [-0.39, 0.29) is 0 Å². The molecule has 1 aliphatic carbocycles. The van der Waals surface area contributed by atoms with E-state index in [1.54, 1.807) is 0 Å². The zero-order valence-corrected chi connectivity index (χ0v) is 10.5. The van der Waals surface area contributed by atoms with Gasteiger partial charge in [-0.15, -0.1) is 0 Å². The molecular weight excluding hydrogens is 206 g/mol. The minimum atomic E-state index is -0.561. The van der Waals surface area contributed by atoms with Crippen molar-refractivity contribution in [2.45, 2.75) is 56.7 Å². The van der Waals surface area contributed by atoms with E-state index in [9.17, 15) is 4.21 Å². The van der Waals surface area contributed by atoms with Gasteiger partial charge >= 0.3 is 0 Å². The SMILES string of the molecule is CCCC1CCC2NCCCS(=O)C2C1. The molecule has 15 heavy (non-hydrogen) atoms. The summed E-state index contributed by atoms with van der Waals surface area (Å²) in [6, 6.07) is 0.557. The van der Waals surface area contributed by atoms with Crippen molar-refractivity contribution in [1.29, 1.82) is 0 Å². The summed E-state index contributed by atoms with van der Waals surface area (Å²) in [5.41, 5.74) is 0.